The molecule has 146 valence electrons. The molecule has 4 rings (SSSR count). The number of urea groups is 1. The summed E-state index contributed by atoms with van der Waals surface area (Å²) < 4.78 is 8.15. The molecule has 0 aliphatic carbocycles. The summed E-state index contributed by atoms with van der Waals surface area (Å²) in [4.78, 5) is 13.3. The maximum absolute atomic E-state index is 11.6. The van der Waals surface area contributed by atoms with Crippen LogP contribution in [-0.2, 0) is 0 Å². The average molecular weight is 378 g/mol. The SMILES string of the molecule is CCC1CC(Oc2ccc(-c3ccc4ccnn4c3C)cc2)CCN1C(N)=O. The molecule has 6 heteroatoms. The molecule has 0 saturated carbocycles. The lowest BCUT2D eigenvalue weighted by atomic mass is 9.97. The van der Waals surface area contributed by atoms with Crippen LogP contribution in [0.15, 0.2) is 48.7 Å². The first-order chi connectivity index (χ1) is 13.6. The molecule has 1 saturated heterocycles. The molecule has 2 unspecified atom stereocenters. The molecule has 28 heavy (non-hydrogen) atoms. The quantitative estimate of drug-likeness (QED) is 0.745. The van der Waals surface area contributed by atoms with Gasteiger partial charge in [0.2, 0.25) is 0 Å². The second-order valence-electron chi connectivity index (χ2n) is 7.38. The summed E-state index contributed by atoms with van der Waals surface area (Å²) in [5.74, 6) is 0.856. The van der Waals surface area contributed by atoms with Gasteiger partial charge in [-0.15, -0.1) is 0 Å². The number of rotatable bonds is 4. The topological polar surface area (TPSA) is 72.9 Å². The van der Waals surface area contributed by atoms with Gasteiger partial charge in [-0.3, -0.25) is 0 Å². The molecule has 2 aromatic heterocycles. The first kappa shape index (κ1) is 18.3. The number of piperidine rings is 1. The Kier molecular flexibility index (Phi) is 4.94. The van der Waals surface area contributed by atoms with Gasteiger partial charge in [-0.1, -0.05) is 25.1 Å². The minimum Gasteiger partial charge on any atom is -0.490 e. The van der Waals surface area contributed by atoms with E-state index in [0.29, 0.717) is 6.54 Å². The lowest BCUT2D eigenvalue weighted by Gasteiger charge is -2.38. The fourth-order valence-corrected chi connectivity index (χ4v) is 4.13. The third-order valence-corrected chi connectivity index (χ3v) is 5.69. The molecular weight excluding hydrogens is 352 g/mol. The van der Waals surface area contributed by atoms with Crippen molar-refractivity contribution in [2.24, 2.45) is 5.73 Å². The number of ether oxygens (including phenoxy) is 1. The zero-order valence-electron chi connectivity index (χ0n) is 16.3. The summed E-state index contributed by atoms with van der Waals surface area (Å²) in [6, 6.07) is 14.2. The number of aromatic nitrogens is 2. The number of aryl methyl sites for hydroxylation is 1. The van der Waals surface area contributed by atoms with E-state index in [1.165, 1.54) is 0 Å². The number of nitrogens with two attached hydrogens (primary N) is 1. The normalized spacial score (nSPS) is 19.7. The number of amides is 2. The third kappa shape index (κ3) is 3.42. The van der Waals surface area contributed by atoms with Gasteiger partial charge in [0, 0.05) is 42.9 Å². The van der Waals surface area contributed by atoms with Crippen molar-refractivity contribution in [3.63, 3.8) is 0 Å². The van der Waals surface area contributed by atoms with Crippen LogP contribution >= 0.6 is 0 Å². The molecular formula is C22H26N4O2. The van der Waals surface area contributed by atoms with E-state index < -0.39 is 0 Å². The Morgan fingerprint density at radius 3 is 2.71 bits per heavy atom. The number of likely N-dealkylation sites (tertiary alicyclic amines) is 1. The molecule has 1 aromatic carbocycles. The summed E-state index contributed by atoms with van der Waals surface area (Å²) in [6.07, 6.45) is 4.42. The summed E-state index contributed by atoms with van der Waals surface area (Å²) >= 11 is 0. The highest BCUT2D eigenvalue weighted by Crippen LogP contribution is 2.28. The number of hydrogen-bond donors (Lipinski definition) is 1. The second kappa shape index (κ2) is 7.54. The van der Waals surface area contributed by atoms with E-state index >= 15 is 0 Å². The Labute approximate surface area is 164 Å². The summed E-state index contributed by atoms with van der Waals surface area (Å²) in [6.45, 7) is 4.81. The van der Waals surface area contributed by atoms with Gasteiger partial charge < -0.3 is 15.4 Å². The number of hydrogen-bond acceptors (Lipinski definition) is 3. The summed E-state index contributed by atoms with van der Waals surface area (Å²) in [5.41, 5.74) is 9.98. The number of fused-ring (bicyclic) bond motifs is 1. The molecule has 3 heterocycles. The van der Waals surface area contributed by atoms with Crippen LogP contribution in [0.5, 0.6) is 5.75 Å². The number of pyridine rings is 1. The summed E-state index contributed by atoms with van der Waals surface area (Å²) in [7, 11) is 0. The van der Waals surface area contributed by atoms with Gasteiger partial charge in [-0.05, 0) is 43.2 Å². The third-order valence-electron chi connectivity index (χ3n) is 5.69. The highest BCUT2D eigenvalue weighted by molar-refractivity contribution is 5.72. The van der Waals surface area contributed by atoms with Crippen LogP contribution < -0.4 is 10.5 Å². The van der Waals surface area contributed by atoms with Crippen LogP contribution in [0, 0.1) is 6.92 Å². The van der Waals surface area contributed by atoms with Crippen LogP contribution in [0.1, 0.15) is 31.9 Å². The van der Waals surface area contributed by atoms with Gasteiger partial charge in [0.25, 0.3) is 0 Å². The smallest absolute Gasteiger partial charge is 0.315 e. The van der Waals surface area contributed by atoms with Crippen LogP contribution in [0.2, 0.25) is 0 Å². The van der Waals surface area contributed by atoms with E-state index in [1.54, 1.807) is 4.90 Å². The van der Waals surface area contributed by atoms with E-state index in [1.807, 2.05) is 28.9 Å². The number of nitrogens with zero attached hydrogens (tertiary/aromatic N) is 3. The molecule has 1 aliphatic heterocycles. The van der Waals surface area contributed by atoms with Crippen molar-refractivity contribution >= 4 is 11.5 Å². The van der Waals surface area contributed by atoms with Gasteiger partial charge in [0.1, 0.15) is 11.9 Å². The lowest BCUT2D eigenvalue weighted by Crippen LogP contribution is -2.50. The Hall–Kier alpha value is -3.02. The van der Waals surface area contributed by atoms with Gasteiger partial charge in [0.15, 0.2) is 0 Å². The Morgan fingerprint density at radius 1 is 1.21 bits per heavy atom. The lowest BCUT2D eigenvalue weighted by molar-refractivity contribution is 0.0752. The largest absolute Gasteiger partial charge is 0.490 e. The molecule has 6 nitrogen and oxygen atoms in total. The Balaban J connectivity index is 1.48. The van der Waals surface area contributed by atoms with Gasteiger partial charge in [-0.25, -0.2) is 9.31 Å². The van der Waals surface area contributed by atoms with Crippen molar-refractivity contribution in [2.75, 3.05) is 6.54 Å². The zero-order chi connectivity index (χ0) is 19.7. The number of primary amides is 1. The molecule has 2 atom stereocenters. The fraction of sp³-hybridized carbons (Fsp3) is 0.364. The van der Waals surface area contributed by atoms with Gasteiger partial charge in [0.05, 0.1) is 5.52 Å². The van der Waals surface area contributed by atoms with Crippen LogP contribution in [-0.4, -0.2) is 39.2 Å². The minimum atomic E-state index is -0.334. The van der Waals surface area contributed by atoms with E-state index in [-0.39, 0.29) is 18.2 Å². The highest BCUT2D eigenvalue weighted by atomic mass is 16.5. The Morgan fingerprint density at radius 2 is 2.00 bits per heavy atom. The average Bonchev–Trinajstić information content (AvgIpc) is 3.18. The molecule has 0 bridgehead atoms. The first-order valence-electron chi connectivity index (χ1n) is 9.83. The van der Waals surface area contributed by atoms with Crippen LogP contribution in [0.4, 0.5) is 4.79 Å². The predicted octanol–water partition coefficient (Wildman–Crippen LogP) is 4.01. The highest BCUT2D eigenvalue weighted by Gasteiger charge is 2.30. The van der Waals surface area contributed by atoms with E-state index in [2.05, 4.69) is 43.2 Å². The molecule has 1 aliphatic rings. The van der Waals surface area contributed by atoms with Crippen molar-refractivity contribution in [3.8, 4) is 16.9 Å². The zero-order valence-corrected chi connectivity index (χ0v) is 16.3. The van der Waals surface area contributed by atoms with Crippen molar-refractivity contribution in [1.29, 1.82) is 0 Å². The predicted molar refractivity (Wildman–Crippen MR) is 109 cm³/mol. The Bertz CT molecular complexity index is 980. The molecule has 3 aromatic rings. The number of carbonyl (C=O) groups excluding carboxylic acids is 1. The minimum absolute atomic E-state index is 0.105. The number of benzene rings is 1. The van der Waals surface area contributed by atoms with Crippen molar-refractivity contribution < 1.29 is 9.53 Å². The molecule has 0 radical (unpaired) electrons. The standard InChI is InChI=1S/C22H26N4O2/c1-3-17-14-20(11-13-25(17)22(23)27)28-19-7-4-16(5-8-19)21-9-6-18-10-12-24-26(18)15(21)2/h4-10,12,17,20H,3,11,13-14H2,1-2H3,(H2,23,27). The monoisotopic (exact) mass is 378 g/mol. The maximum Gasteiger partial charge on any atom is 0.315 e. The molecule has 1 fully saturated rings. The van der Waals surface area contributed by atoms with E-state index in [4.69, 9.17) is 10.5 Å². The fourth-order valence-electron chi connectivity index (χ4n) is 4.13. The van der Waals surface area contributed by atoms with Crippen molar-refractivity contribution in [1.82, 2.24) is 14.5 Å². The van der Waals surface area contributed by atoms with Gasteiger partial charge >= 0.3 is 6.03 Å². The van der Waals surface area contributed by atoms with Crippen LogP contribution in [0.25, 0.3) is 16.6 Å². The molecule has 2 amide bonds. The van der Waals surface area contributed by atoms with Gasteiger partial charge in [-0.2, -0.15) is 5.10 Å². The molecule has 2 N–H and O–H groups in total. The van der Waals surface area contributed by atoms with E-state index in [9.17, 15) is 4.79 Å². The first-order valence-corrected chi connectivity index (χ1v) is 9.83. The number of carbonyl (C=O) groups is 1. The summed E-state index contributed by atoms with van der Waals surface area (Å²) in [5, 5.41) is 4.39. The van der Waals surface area contributed by atoms with Crippen molar-refractivity contribution in [2.45, 2.75) is 45.3 Å². The van der Waals surface area contributed by atoms with Crippen LogP contribution in [0.3, 0.4) is 0 Å². The van der Waals surface area contributed by atoms with E-state index in [0.717, 1.165) is 47.3 Å². The van der Waals surface area contributed by atoms with Crippen molar-refractivity contribution in [3.05, 3.63) is 54.4 Å². The second-order valence-corrected chi connectivity index (χ2v) is 7.38. The molecule has 0 spiro atoms. The maximum atomic E-state index is 11.6.